The van der Waals surface area contributed by atoms with Gasteiger partial charge < -0.3 is 45.4 Å². The third-order valence-corrected chi connectivity index (χ3v) is 10.6. The van der Waals surface area contributed by atoms with Gasteiger partial charge in [0.2, 0.25) is 5.91 Å². The molecule has 0 aromatic rings. The van der Waals surface area contributed by atoms with Crippen LogP contribution in [0.2, 0.25) is 0 Å². The Bertz CT molecular complexity index is 916. The number of rotatable bonds is 36. The normalized spacial score (nSPS) is 22.3. The molecule has 0 spiro atoms. The Kier molecular flexibility index (Phi) is 32.7. The van der Waals surface area contributed by atoms with Gasteiger partial charge in [0.25, 0.3) is 0 Å². The van der Waals surface area contributed by atoms with Gasteiger partial charge in [-0.1, -0.05) is 160 Å². The van der Waals surface area contributed by atoms with E-state index in [0.717, 1.165) is 57.8 Å². The summed E-state index contributed by atoms with van der Waals surface area (Å²) in [6.45, 7) is 3.56. The lowest BCUT2D eigenvalue weighted by atomic mass is 9.98. The molecular weight excluding hydrogens is 686 g/mol. The third kappa shape index (κ3) is 25.0. The fraction of sp³-hybridized carbons (Fsp3) is 0.886. The van der Waals surface area contributed by atoms with E-state index in [-0.39, 0.29) is 18.9 Å². The van der Waals surface area contributed by atoms with Gasteiger partial charge in [0.1, 0.15) is 30.5 Å². The molecule has 0 aromatic heterocycles. The lowest BCUT2D eigenvalue weighted by molar-refractivity contribution is -0.303. The van der Waals surface area contributed by atoms with E-state index in [1.807, 2.05) is 0 Å². The summed E-state index contributed by atoms with van der Waals surface area (Å²) in [5.74, 6) is -0.267. The topological polar surface area (TPSA) is 169 Å². The van der Waals surface area contributed by atoms with Gasteiger partial charge in [-0.2, -0.15) is 0 Å². The molecule has 1 amide bonds. The average Bonchev–Trinajstić information content (AvgIpc) is 3.17. The molecule has 0 saturated carbocycles. The van der Waals surface area contributed by atoms with Crippen LogP contribution < -0.4 is 5.32 Å². The van der Waals surface area contributed by atoms with Crippen LogP contribution in [0.4, 0.5) is 0 Å². The van der Waals surface area contributed by atoms with Crippen molar-refractivity contribution in [2.45, 2.75) is 236 Å². The van der Waals surface area contributed by atoms with Crippen LogP contribution in [0.1, 0.15) is 187 Å². The highest BCUT2D eigenvalue weighted by Crippen LogP contribution is 2.23. The molecule has 0 radical (unpaired) electrons. The smallest absolute Gasteiger partial charge is 0.220 e. The number of hydrogen-bond donors (Lipinski definition) is 7. The summed E-state index contributed by atoms with van der Waals surface area (Å²) in [4.78, 5) is 13.0. The standard InChI is InChI=1S/C44H83NO9/c1-3-5-7-9-11-13-15-17-18-19-20-21-23-25-27-29-31-33-39(48)45-36(35-53-44-43(52)42(51)41(50)38(34-46)54-44)40(49)37(47)32-30-28-26-24-22-16-14-12-10-8-6-4-2/h11,13,17-18,36-38,40-44,46-47,49-52H,3-10,12,14-16,19-35H2,1-2H3,(H,45,48)/b13-11-,18-17-/t36-,37+,38?,40-,41-,42-,43?,44+/m0/s1. The maximum Gasteiger partial charge on any atom is 0.220 e. The van der Waals surface area contributed by atoms with Gasteiger partial charge in [-0.3, -0.25) is 4.79 Å². The highest BCUT2D eigenvalue weighted by molar-refractivity contribution is 5.76. The van der Waals surface area contributed by atoms with Crippen LogP contribution in [-0.2, 0) is 14.3 Å². The van der Waals surface area contributed by atoms with Crippen LogP contribution in [0, 0.1) is 0 Å². The molecule has 10 heteroatoms. The number of nitrogens with one attached hydrogen (secondary N) is 1. The number of hydrogen-bond acceptors (Lipinski definition) is 9. The van der Waals surface area contributed by atoms with Gasteiger partial charge in [-0.25, -0.2) is 0 Å². The van der Waals surface area contributed by atoms with Gasteiger partial charge in [0, 0.05) is 6.42 Å². The Hall–Kier alpha value is -1.37. The van der Waals surface area contributed by atoms with Crippen molar-refractivity contribution in [3.05, 3.63) is 24.3 Å². The summed E-state index contributed by atoms with van der Waals surface area (Å²) in [5, 5.41) is 65.0. The monoisotopic (exact) mass is 770 g/mol. The first-order chi connectivity index (χ1) is 26.3. The number of aliphatic hydroxyl groups is 6. The zero-order chi connectivity index (χ0) is 39.7. The summed E-state index contributed by atoms with van der Waals surface area (Å²) >= 11 is 0. The molecule has 1 aliphatic heterocycles. The number of unbranched alkanes of at least 4 members (excludes halogenated alkanes) is 21. The van der Waals surface area contributed by atoms with Gasteiger partial charge >= 0.3 is 0 Å². The maximum absolute atomic E-state index is 13.0. The van der Waals surface area contributed by atoms with Crippen LogP contribution in [0.3, 0.4) is 0 Å². The Morgan fingerprint density at radius 1 is 0.648 bits per heavy atom. The maximum atomic E-state index is 13.0. The Morgan fingerprint density at radius 2 is 1.13 bits per heavy atom. The van der Waals surface area contributed by atoms with Crippen molar-refractivity contribution >= 4 is 5.91 Å². The van der Waals surface area contributed by atoms with E-state index in [4.69, 9.17) is 9.47 Å². The minimum Gasteiger partial charge on any atom is -0.394 e. The van der Waals surface area contributed by atoms with E-state index >= 15 is 0 Å². The van der Waals surface area contributed by atoms with Gasteiger partial charge in [-0.05, 0) is 44.9 Å². The molecule has 10 nitrogen and oxygen atoms in total. The van der Waals surface area contributed by atoms with Gasteiger partial charge in [0.05, 0.1) is 25.4 Å². The second-order valence-electron chi connectivity index (χ2n) is 15.6. The van der Waals surface area contributed by atoms with E-state index in [9.17, 15) is 35.4 Å². The summed E-state index contributed by atoms with van der Waals surface area (Å²) in [6, 6.07) is -0.993. The van der Waals surface area contributed by atoms with E-state index in [1.165, 1.54) is 96.3 Å². The van der Waals surface area contributed by atoms with E-state index in [0.29, 0.717) is 12.8 Å². The Morgan fingerprint density at radius 3 is 1.69 bits per heavy atom. The molecule has 1 heterocycles. The number of amides is 1. The lowest BCUT2D eigenvalue weighted by Crippen LogP contribution is -2.60. The Labute approximate surface area is 329 Å². The van der Waals surface area contributed by atoms with E-state index in [2.05, 4.69) is 43.5 Å². The van der Waals surface area contributed by atoms with Crippen LogP contribution in [0.25, 0.3) is 0 Å². The number of ether oxygens (including phenoxy) is 2. The number of carbonyl (C=O) groups is 1. The molecule has 0 bridgehead atoms. The molecule has 1 rings (SSSR count). The summed E-state index contributed by atoms with van der Waals surface area (Å²) in [5.41, 5.74) is 0. The van der Waals surface area contributed by atoms with E-state index in [1.54, 1.807) is 0 Å². The average molecular weight is 770 g/mol. The summed E-state index contributed by atoms with van der Waals surface area (Å²) in [7, 11) is 0. The fourth-order valence-corrected chi connectivity index (χ4v) is 6.99. The predicted octanol–water partition coefficient (Wildman–Crippen LogP) is 7.69. The number of carbonyl (C=O) groups excluding carboxylic acids is 1. The quantitative estimate of drug-likeness (QED) is 0.0250. The molecule has 8 atom stereocenters. The predicted molar refractivity (Wildman–Crippen MR) is 218 cm³/mol. The van der Waals surface area contributed by atoms with Gasteiger partial charge in [-0.15, -0.1) is 0 Å². The van der Waals surface area contributed by atoms with Gasteiger partial charge in [0.15, 0.2) is 6.29 Å². The molecular formula is C44H83NO9. The second kappa shape index (κ2) is 34.8. The van der Waals surface area contributed by atoms with E-state index < -0.39 is 55.6 Å². The number of aliphatic hydroxyl groups excluding tert-OH is 6. The zero-order valence-electron chi connectivity index (χ0n) is 34.3. The summed E-state index contributed by atoms with van der Waals surface area (Å²) < 4.78 is 11.1. The Balaban J connectivity index is 2.42. The highest BCUT2D eigenvalue weighted by Gasteiger charge is 2.44. The van der Waals surface area contributed by atoms with Crippen molar-refractivity contribution in [1.82, 2.24) is 5.32 Å². The zero-order valence-corrected chi connectivity index (χ0v) is 34.3. The summed E-state index contributed by atoms with van der Waals surface area (Å²) in [6.07, 6.45) is 28.9. The van der Waals surface area contributed by atoms with Crippen molar-refractivity contribution in [3.63, 3.8) is 0 Å². The van der Waals surface area contributed by atoms with Crippen molar-refractivity contribution in [2.24, 2.45) is 0 Å². The number of allylic oxidation sites excluding steroid dienone is 4. The van der Waals surface area contributed by atoms with Crippen molar-refractivity contribution in [1.29, 1.82) is 0 Å². The van der Waals surface area contributed by atoms with Crippen molar-refractivity contribution in [2.75, 3.05) is 13.2 Å². The minimum absolute atomic E-state index is 0.267. The molecule has 1 saturated heterocycles. The molecule has 318 valence electrons. The minimum atomic E-state index is -1.61. The largest absolute Gasteiger partial charge is 0.394 e. The fourth-order valence-electron chi connectivity index (χ4n) is 6.99. The van der Waals surface area contributed by atoms with Crippen LogP contribution in [0.15, 0.2) is 24.3 Å². The first kappa shape index (κ1) is 50.6. The van der Waals surface area contributed by atoms with Crippen LogP contribution >= 0.6 is 0 Å². The SMILES string of the molecule is CCCCC/C=C\C/C=C\CCCCCCCCCC(=O)N[C@@H](CO[C@@H]1OC(CO)[C@H](O)[C@H](O)C1O)[C@H](O)[C@H](O)CCCCCCCCCCCCCC. The third-order valence-electron chi connectivity index (χ3n) is 10.6. The lowest BCUT2D eigenvalue weighted by Gasteiger charge is -2.40. The second-order valence-corrected chi connectivity index (χ2v) is 15.6. The van der Waals surface area contributed by atoms with Crippen LogP contribution in [0.5, 0.6) is 0 Å². The van der Waals surface area contributed by atoms with Crippen molar-refractivity contribution in [3.8, 4) is 0 Å². The highest BCUT2D eigenvalue weighted by atomic mass is 16.7. The molecule has 1 fully saturated rings. The first-order valence-corrected chi connectivity index (χ1v) is 22.1. The van der Waals surface area contributed by atoms with Crippen molar-refractivity contribution < 1.29 is 44.9 Å². The molecule has 0 aromatic carbocycles. The molecule has 7 N–H and O–H groups in total. The molecule has 2 unspecified atom stereocenters. The first-order valence-electron chi connectivity index (χ1n) is 22.1. The molecule has 0 aliphatic carbocycles. The molecule has 1 aliphatic rings. The molecule has 54 heavy (non-hydrogen) atoms. The van der Waals surface area contributed by atoms with Crippen LogP contribution in [-0.4, -0.2) is 98.7 Å².